The van der Waals surface area contributed by atoms with Crippen LogP contribution >= 0.6 is 39.1 Å². The summed E-state index contributed by atoms with van der Waals surface area (Å²) >= 11 is 14.7. The Labute approximate surface area is 208 Å². The maximum atomic E-state index is 13.6. The average molecular weight is 593 g/mol. The molecule has 172 valence electrons. The van der Waals surface area contributed by atoms with Crippen LogP contribution in [0.2, 0.25) is 10.0 Å². The molecule has 0 atom stereocenters. The summed E-state index contributed by atoms with van der Waals surface area (Å²) in [5, 5.41) is 9.70. The summed E-state index contributed by atoms with van der Waals surface area (Å²) in [6.45, 7) is 1.51. The number of halogens is 4. The van der Waals surface area contributed by atoms with Gasteiger partial charge in [-0.15, -0.1) is 0 Å². The van der Waals surface area contributed by atoms with Crippen LogP contribution in [-0.4, -0.2) is 16.8 Å². The molecule has 0 saturated carbocycles. The van der Waals surface area contributed by atoms with E-state index in [0.717, 1.165) is 18.2 Å². The van der Waals surface area contributed by atoms with Gasteiger partial charge < -0.3 is 0 Å². The van der Waals surface area contributed by atoms with Crippen molar-refractivity contribution in [3.05, 3.63) is 80.0 Å². The molecule has 0 saturated heterocycles. The molecule has 3 aromatic carbocycles. The highest BCUT2D eigenvalue weighted by molar-refractivity contribution is 9.10. The first-order valence-corrected chi connectivity index (χ1v) is 13.4. The van der Waals surface area contributed by atoms with Crippen molar-refractivity contribution in [1.82, 2.24) is 0 Å². The Morgan fingerprint density at radius 3 is 2.18 bits per heavy atom. The van der Waals surface area contributed by atoms with Gasteiger partial charge in [-0.25, -0.2) is 21.2 Å². The third kappa shape index (κ3) is 5.77. The van der Waals surface area contributed by atoms with Gasteiger partial charge in [0.15, 0.2) is 0 Å². The van der Waals surface area contributed by atoms with Crippen LogP contribution in [0.4, 0.5) is 15.8 Å². The van der Waals surface area contributed by atoms with E-state index in [1.54, 1.807) is 6.07 Å². The minimum absolute atomic E-state index is 0.0529. The maximum Gasteiger partial charge on any atom is 0.263 e. The third-order valence-electron chi connectivity index (χ3n) is 4.30. The van der Waals surface area contributed by atoms with Gasteiger partial charge in [-0.1, -0.05) is 23.2 Å². The smallest absolute Gasteiger partial charge is 0.263 e. The lowest BCUT2D eigenvalue weighted by molar-refractivity contribution is 0.599. The lowest BCUT2D eigenvalue weighted by atomic mass is 10.2. The van der Waals surface area contributed by atoms with E-state index >= 15 is 0 Å². The van der Waals surface area contributed by atoms with Crippen molar-refractivity contribution in [1.29, 1.82) is 5.26 Å². The monoisotopic (exact) mass is 591 g/mol. The van der Waals surface area contributed by atoms with Crippen molar-refractivity contribution in [2.75, 3.05) is 9.44 Å². The van der Waals surface area contributed by atoms with Gasteiger partial charge in [0.25, 0.3) is 20.0 Å². The molecule has 0 fully saturated rings. The second-order valence-corrected chi connectivity index (χ2v) is 11.8. The normalized spacial score (nSPS) is 11.6. The number of sulfonamides is 2. The van der Waals surface area contributed by atoms with Crippen LogP contribution in [0.5, 0.6) is 0 Å². The first kappa shape index (κ1) is 25.3. The van der Waals surface area contributed by atoms with E-state index in [-0.39, 0.29) is 36.4 Å². The largest absolute Gasteiger partial charge is 0.280 e. The molecule has 0 spiro atoms. The second kappa shape index (κ2) is 9.48. The van der Waals surface area contributed by atoms with Gasteiger partial charge in [-0.3, -0.25) is 9.44 Å². The number of aryl methyl sites for hydroxylation is 1. The molecule has 0 aliphatic heterocycles. The lowest BCUT2D eigenvalue weighted by Crippen LogP contribution is -2.16. The summed E-state index contributed by atoms with van der Waals surface area (Å²) in [4.78, 5) is -0.604. The predicted octanol–water partition coefficient (Wildman–Crippen LogP) is 5.68. The number of hydrogen-bond donors (Lipinski definition) is 2. The summed E-state index contributed by atoms with van der Waals surface area (Å²) in [6, 6.07) is 11.2. The highest BCUT2D eigenvalue weighted by Crippen LogP contribution is 2.29. The highest BCUT2D eigenvalue weighted by atomic mass is 79.9. The summed E-state index contributed by atoms with van der Waals surface area (Å²) in [5.41, 5.74) is 0.0603. The molecule has 13 heteroatoms. The number of anilines is 2. The number of benzene rings is 3. The van der Waals surface area contributed by atoms with Crippen LogP contribution in [0, 0.1) is 24.1 Å². The van der Waals surface area contributed by atoms with Gasteiger partial charge in [0.1, 0.15) is 16.8 Å². The summed E-state index contributed by atoms with van der Waals surface area (Å²) in [5.74, 6) is -0.564. The van der Waals surface area contributed by atoms with Crippen LogP contribution in [0.15, 0.2) is 62.8 Å². The molecule has 0 aromatic heterocycles. The van der Waals surface area contributed by atoms with Crippen LogP contribution in [-0.2, 0) is 20.0 Å². The minimum Gasteiger partial charge on any atom is -0.280 e. The predicted molar refractivity (Wildman–Crippen MR) is 128 cm³/mol. The van der Waals surface area contributed by atoms with E-state index in [1.807, 2.05) is 0 Å². The van der Waals surface area contributed by atoms with Crippen LogP contribution in [0.25, 0.3) is 0 Å². The van der Waals surface area contributed by atoms with Gasteiger partial charge in [-0.2, -0.15) is 5.26 Å². The van der Waals surface area contributed by atoms with Gasteiger partial charge in [0.2, 0.25) is 0 Å². The average Bonchev–Trinajstić information content (AvgIpc) is 2.70. The van der Waals surface area contributed by atoms with Crippen molar-refractivity contribution in [2.45, 2.75) is 16.7 Å². The standard InChI is InChI=1S/C20H13BrCl2FN3O4S2/c1-11-4-18(24)17(21)9-19(11)27-33(30,31)20-3-2-15(5-12(20)10-25)26-32(28,29)16-7-13(22)6-14(23)8-16/h2-9,26-27H,1H3. The number of rotatable bonds is 6. The zero-order chi connectivity index (χ0) is 24.6. The Balaban J connectivity index is 1.95. The zero-order valence-electron chi connectivity index (χ0n) is 16.5. The SMILES string of the molecule is Cc1cc(F)c(Br)cc1NS(=O)(=O)c1ccc(NS(=O)(=O)c2cc(Cl)cc(Cl)c2)cc1C#N. The van der Waals surface area contributed by atoms with E-state index in [0.29, 0.717) is 5.56 Å². The summed E-state index contributed by atoms with van der Waals surface area (Å²) < 4.78 is 69.3. The van der Waals surface area contributed by atoms with E-state index < -0.39 is 30.8 Å². The zero-order valence-corrected chi connectivity index (χ0v) is 21.3. The molecule has 33 heavy (non-hydrogen) atoms. The fourth-order valence-corrected chi connectivity index (χ4v) is 6.15. The first-order valence-electron chi connectivity index (χ1n) is 8.84. The molecule has 0 radical (unpaired) electrons. The minimum atomic E-state index is -4.26. The maximum absolute atomic E-state index is 13.6. The summed E-state index contributed by atoms with van der Waals surface area (Å²) in [6.07, 6.45) is 0. The Kier molecular flexibility index (Phi) is 7.26. The topological polar surface area (TPSA) is 116 Å². The number of nitriles is 1. The van der Waals surface area contributed by atoms with Gasteiger partial charge in [-0.05, 0) is 76.9 Å². The molecular formula is C20H13BrCl2FN3O4S2. The Hall–Kier alpha value is -2.36. The number of nitrogens with zero attached hydrogens (tertiary/aromatic N) is 1. The Morgan fingerprint density at radius 1 is 0.939 bits per heavy atom. The molecule has 0 aliphatic carbocycles. The Bertz CT molecular complexity index is 1500. The molecule has 3 aromatic rings. The molecule has 0 heterocycles. The van der Waals surface area contributed by atoms with Gasteiger partial charge in [0.05, 0.1) is 26.3 Å². The fourth-order valence-electron chi connectivity index (χ4n) is 2.77. The molecule has 3 rings (SSSR count). The number of hydrogen-bond acceptors (Lipinski definition) is 5. The second-order valence-electron chi connectivity index (χ2n) is 6.72. The first-order chi connectivity index (χ1) is 15.3. The van der Waals surface area contributed by atoms with Gasteiger partial charge >= 0.3 is 0 Å². The Morgan fingerprint density at radius 2 is 1.58 bits per heavy atom. The van der Waals surface area contributed by atoms with Crippen LogP contribution < -0.4 is 9.44 Å². The van der Waals surface area contributed by atoms with E-state index in [9.17, 15) is 26.5 Å². The molecule has 0 aliphatic rings. The fraction of sp³-hybridized carbons (Fsp3) is 0.0500. The summed E-state index contributed by atoms with van der Waals surface area (Å²) in [7, 11) is -8.39. The van der Waals surface area contributed by atoms with Crippen molar-refractivity contribution in [3.8, 4) is 6.07 Å². The molecule has 0 unspecified atom stereocenters. The lowest BCUT2D eigenvalue weighted by Gasteiger charge is -2.14. The van der Waals surface area contributed by atoms with Crippen LogP contribution in [0.1, 0.15) is 11.1 Å². The van der Waals surface area contributed by atoms with Crippen LogP contribution in [0.3, 0.4) is 0 Å². The molecular weight excluding hydrogens is 580 g/mol. The van der Waals surface area contributed by atoms with E-state index in [4.69, 9.17) is 23.2 Å². The van der Waals surface area contributed by atoms with Crippen molar-refractivity contribution >= 4 is 70.6 Å². The van der Waals surface area contributed by atoms with E-state index in [1.165, 1.54) is 37.3 Å². The van der Waals surface area contributed by atoms with Crippen molar-refractivity contribution in [2.24, 2.45) is 0 Å². The van der Waals surface area contributed by atoms with Crippen molar-refractivity contribution in [3.63, 3.8) is 0 Å². The van der Waals surface area contributed by atoms with Gasteiger partial charge in [0, 0.05) is 10.0 Å². The molecule has 0 bridgehead atoms. The molecule has 7 nitrogen and oxygen atoms in total. The third-order valence-corrected chi connectivity index (χ3v) is 8.13. The quantitative estimate of drug-likeness (QED) is 0.382. The highest BCUT2D eigenvalue weighted by Gasteiger charge is 2.22. The molecule has 0 amide bonds. The van der Waals surface area contributed by atoms with E-state index in [2.05, 4.69) is 25.4 Å². The number of nitrogens with one attached hydrogen (secondary N) is 2. The molecule has 2 N–H and O–H groups in total. The van der Waals surface area contributed by atoms with Crippen molar-refractivity contribution < 1.29 is 21.2 Å².